The Labute approximate surface area is 118 Å². The molecular weight excluding hydrogens is 260 g/mol. The van der Waals surface area contributed by atoms with E-state index in [4.69, 9.17) is 16.7 Å². The molecule has 0 aliphatic carbocycles. The fraction of sp³-hybridized carbons (Fsp3) is 0.267. The standard InChI is InChI=1S/C15H17ClN2O/c1-2-18(10-12-5-7-17-8-6-12)15-4-3-13(11-19)9-14(15)16/h3-9,19H,2,10-11H2,1H3. The molecule has 0 amide bonds. The Morgan fingerprint density at radius 1 is 1.16 bits per heavy atom. The molecule has 0 bridgehead atoms. The number of aliphatic hydroxyl groups excluding tert-OH is 1. The van der Waals surface area contributed by atoms with Crippen molar-refractivity contribution in [3.8, 4) is 0 Å². The van der Waals surface area contributed by atoms with Gasteiger partial charge in [0.15, 0.2) is 0 Å². The van der Waals surface area contributed by atoms with Crippen LogP contribution in [0.4, 0.5) is 5.69 Å². The van der Waals surface area contributed by atoms with Crippen LogP contribution in [0.25, 0.3) is 0 Å². The van der Waals surface area contributed by atoms with Crippen molar-refractivity contribution in [2.24, 2.45) is 0 Å². The molecule has 0 saturated heterocycles. The minimum atomic E-state index is 0.0104. The topological polar surface area (TPSA) is 36.4 Å². The van der Waals surface area contributed by atoms with Crippen LogP contribution in [0.1, 0.15) is 18.1 Å². The molecule has 0 radical (unpaired) electrons. The van der Waals surface area contributed by atoms with Crippen LogP contribution in [0, 0.1) is 0 Å². The highest BCUT2D eigenvalue weighted by Crippen LogP contribution is 2.28. The number of hydrogen-bond acceptors (Lipinski definition) is 3. The van der Waals surface area contributed by atoms with Crippen molar-refractivity contribution in [1.29, 1.82) is 0 Å². The van der Waals surface area contributed by atoms with Crippen LogP contribution in [0.15, 0.2) is 42.7 Å². The summed E-state index contributed by atoms with van der Waals surface area (Å²) in [5.41, 5.74) is 3.01. The van der Waals surface area contributed by atoms with Gasteiger partial charge in [-0.15, -0.1) is 0 Å². The van der Waals surface area contributed by atoms with Gasteiger partial charge in [0.05, 0.1) is 17.3 Å². The van der Waals surface area contributed by atoms with Crippen LogP contribution < -0.4 is 4.90 Å². The van der Waals surface area contributed by atoms with Gasteiger partial charge in [0, 0.05) is 25.5 Å². The molecule has 1 heterocycles. The summed E-state index contributed by atoms with van der Waals surface area (Å²) >= 11 is 6.28. The Hall–Kier alpha value is -1.58. The molecule has 1 aromatic carbocycles. The van der Waals surface area contributed by atoms with E-state index >= 15 is 0 Å². The van der Waals surface area contributed by atoms with E-state index in [-0.39, 0.29) is 6.61 Å². The van der Waals surface area contributed by atoms with Crippen molar-refractivity contribution in [3.05, 3.63) is 58.9 Å². The maximum atomic E-state index is 9.10. The Morgan fingerprint density at radius 2 is 1.89 bits per heavy atom. The third kappa shape index (κ3) is 3.46. The summed E-state index contributed by atoms with van der Waals surface area (Å²) in [6.07, 6.45) is 3.58. The van der Waals surface area contributed by atoms with Crippen LogP contribution >= 0.6 is 11.6 Å². The van der Waals surface area contributed by atoms with Gasteiger partial charge < -0.3 is 10.0 Å². The van der Waals surface area contributed by atoms with Crippen LogP contribution in [-0.4, -0.2) is 16.6 Å². The summed E-state index contributed by atoms with van der Waals surface area (Å²) in [5, 5.41) is 9.77. The first-order valence-corrected chi connectivity index (χ1v) is 6.65. The molecule has 0 atom stereocenters. The maximum Gasteiger partial charge on any atom is 0.0682 e. The van der Waals surface area contributed by atoms with Crippen LogP contribution in [0.3, 0.4) is 0 Å². The van der Waals surface area contributed by atoms with Gasteiger partial charge >= 0.3 is 0 Å². The minimum absolute atomic E-state index is 0.0104. The number of aliphatic hydroxyl groups is 1. The lowest BCUT2D eigenvalue weighted by Crippen LogP contribution is -2.22. The Morgan fingerprint density at radius 3 is 2.47 bits per heavy atom. The summed E-state index contributed by atoms with van der Waals surface area (Å²) in [5.74, 6) is 0. The van der Waals surface area contributed by atoms with Crippen LogP contribution in [0.2, 0.25) is 5.02 Å². The van der Waals surface area contributed by atoms with Gasteiger partial charge in [-0.25, -0.2) is 0 Å². The average molecular weight is 277 g/mol. The Balaban J connectivity index is 2.22. The number of hydrogen-bond donors (Lipinski definition) is 1. The quantitative estimate of drug-likeness (QED) is 0.911. The third-order valence-electron chi connectivity index (χ3n) is 3.04. The number of nitrogens with zero attached hydrogens (tertiary/aromatic N) is 2. The van der Waals surface area contributed by atoms with Crippen LogP contribution in [0.5, 0.6) is 0 Å². The molecule has 2 aromatic rings. The summed E-state index contributed by atoms with van der Waals surface area (Å²) in [6, 6.07) is 9.67. The minimum Gasteiger partial charge on any atom is -0.392 e. The number of pyridine rings is 1. The lowest BCUT2D eigenvalue weighted by molar-refractivity contribution is 0.282. The fourth-order valence-electron chi connectivity index (χ4n) is 1.98. The zero-order valence-corrected chi connectivity index (χ0v) is 11.6. The van der Waals surface area contributed by atoms with Gasteiger partial charge in [0.2, 0.25) is 0 Å². The van der Waals surface area contributed by atoms with Crippen molar-refractivity contribution >= 4 is 17.3 Å². The van der Waals surface area contributed by atoms with E-state index in [9.17, 15) is 0 Å². The lowest BCUT2D eigenvalue weighted by Gasteiger charge is -2.24. The molecule has 0 spiro atoms. The van der Waals surface area contributed by atoms with Crippen molar-refractivity contribution < 1.29 is 5.11 Å². The molecule has 1 N–H and O–H groups in total. The molecule has 0 aliphatic heterocycles. The SMILES string of the molecule is CCN(Cc1ccncc1)c1ccc(CO)cc1Cl. The van der Waals surface area contributed by atoms with Gasteiger partial charge in [-0.3, -0.25) is 4.98 Å². The molecule has 4 heteroatoms. The number of benzene rings is 1. The number of rotatable bonds is 5. The molecule has 3 nitrogen and oxygen atoms in total. The Kier molecular flexibility index (Phi) is 4.77. The normalized spacial score (nSPS) is 10.5. The first-order valence-electron chi connectivity index (χ1n) is 6.27. The zero-order chi connectivity index (χ0) is 13.7. The highest BCUT2D eigenvalue weighted by Gasteiger charge is 2.10. The molecule has 0 fully saturated rings. The molecule has 0 unspecified atom stereocenters. The van der Waals surface area contributed by atoms with Gasteiger partial charge in [0.1, 0.15) is 0 Å². The molecule has 0 saturated carbocycles. The fourth-order valence-corrected chi connectivity index (χ4v) is 2.30. The van der Waals surface area contributed by atoms with E-state index in [1.54, 1.807) is 12.4 Å². The van der Waals surface area contributed by atoms with E-state index in [0.29, 0.717) is 5.02 Å². The van der Waals surface area contributed by atoms with E-state index in [0.717, 1.165) is 24.3 Å². The van der Waals surface area contributed by atoms with Gasteiger partial charge in [0.25, 0.3) is 0 Å². The van der Waals surface area contributed by atoms with Gasteiger partial charge in [-0.2, -0.15) is 0 Å². The molecule has 19 heavy (non-hydrogen) atoms. The number of halogens is 1. The summed E-state index contributed by atoms with van der Waals surface area (Å²) in [4.78, 5) is 6.21. The molecule has 0 aliphatic rings. The second-order valence-corrected chi connectivity index (χ2v) is 4.72. The smallest absolute Gasteiger partial charge is 0.0682 e. The van der Waals surface area contributed by atoms with Crippen molar-refractivity contribution in [2.45, 2.75) is 20.1 Å². The van der Waals surface area contributed by atoms with E-state index in [1.165, 1.54) is 5.56 Å². The average Bonchev–Trinajstić information content (AvgIpc) is 2.46. The van der Waals surface area contributed by atoms with Crippen molar-refractivity contribution in [2.75, 3.05) is 11.4 Å². The largest absolute Gasteiger partial charge is 0.392 e. The van der Waals surface area contributed by atoms with E-state index < -0.39 is 0 Å². The molecule has 1 aromatic heterocycles. The lowest BCUT2D eigenvalue weighted by atomic mass is 10.2. The highest BCUT2D eigenvalue weighted by molar-refractivity contribution is 6.33. The second-order valence-electron chi connectivity index (χ2n) is 4.31. The summed E-state index contributed by atoms with van der Waals surface area (Å²) < 4.78 is 0. The molecule has 100 valence electrons. The van der Waals surface area contributed by atoms with Crippen molar-refractivity contribution in [1.82, 2.24) is 4.98 Å². The molecule has 2 rings (SSSR count). The summed E-state index contributed by atoms with van der Waals surface area (Å²) in [6.45, 7) is 3.76. The highest BCUT2D eigenvalue weighted by atomic mass is 35.5. The predicted molar refractivity (Wildman–Crippen MR) is 78.3 cm³/mol. The first kappa shape index (κ1) is 13.8. The van der Waals surface area contributed by atoms with Gasteiger partial charge in [-0.05, 0) is 42.3 Å². The number of aromatic nitrogens is 1. The van der Waals surface area contributed by atoms with Crippen molar-refractivity contribution in [3.63, 3.8) is 0 Å². The van der Waals surface area contributed by atoms with Crippen LogP contribution in [-0.2, 0) is 13.2 Å². The third-order valence-corrected chi connectivity index (χ3v) is 3.34. The zero-order valence-electron chi connectivity index (χ0n) is 10.9. The monoisotopic (exact) mass is 276 g/mol. The van der Waals surface area contributed by atoms with E-state index in [2.05, 4.69) is 16.8 Å². The van der Waals surface area contributed by atoms with E-state index in [1.807, 2.05) is 30.3 Å². The first-order chi connectivity index (χ1) is 9.24. The van der Waals surface area contributed by atoms with Gasteiger partial charge in [-0.1, -0.05) is 17.7 Å². The summed E-state index contributed by atoms with van der Waals surface area (Å²) in [7, 11) is 0. The molecular formula is C15H17ClN2O. The second kappa shape index (κ2) is 6.55. The predicted octanol–water partition coefficient (Wildman–Crippen LogP) is 3.25. The maximum absolute atomic E-state index is 9.10. The Bertz CT molecular complexity index is 531. The number of anilines is 1.